The Morgan fingerprint density at radius 1 is 1.43 bits per heavy atom. The number of rotatable bonds is 3. The number of nitrogens with zero attached hydrogens (tertiary/aromatic N) is 4. The van der Waals surface area contributed by atoms with Crippen molar-refractivity contribution in [3.8, 4) is 0 Å². The molecule has 0 radical (unpaired) electrons. The molecule has 0 saturated heterocycles. The van der Waals surface area contributed by atoms with Crippen LogP contribution in [-0.2, 0) is 6.54 Å². The maximum Gasteiger partial charge on any atom is 0.170 e. The molecule has 6 nitrogen and oxygen atoms in total. The third-order valence-electron chi connectivity index (χ3n) is 1.67. The summed E-state index contributed by atoms with van der Waals surface area (Å²) >= 11 is 0. The molecule has 0 spiro atoms. The van der Waals surface area contributed by atoms with E-state index in [1.807, 2.05) is 0 Å². The van der Waals surface area contributed by atoms with E-state index in [0.29, 0.717) is 12.1 Å². The Morgan fingerprint density at radius 2 is 2.07 bits per heavy atom. The highest BCUT2D eigenvalue weighted by molar-refractivity contribution is 5.96. The molecule has 1 aromatic carbocycles. The van der Waals surface area contributed by atoms with E-state index in [1.54, 1.807) is 24.3 Å². The molecule has 72 valence electrons. The molecule has 14 heavy (non-hydrogen) atoms. The summed E-state index contributed by atoms with van der Waals surface area (Å²) in [6, 6.07) is 6.89. The summed E-state index contributed by atoms with van der Waals surface area (Å²) in [5, 5.41) is 14.7. The Balaban J connectivity index is 2.83. The Bertz CT molecular complexity index is 377. The van der Waals surface area contributed by atoms with Crippen LogP contribution in [0.5, 0.6) is 0 Å². The average Bonchev–Trinajstić information content (AvgIpc) is 2.26. The van der Waals surface area contributed by atoms with E-state index in [0.717, 1.165) is 5.56 Å². The minimum absolute atomic E-state index is 0.0559. The molecule has 3 N–H and O–H groups in total. The number of hydrogen-bond donors (Lipinski definition) is 2. The number of hydrogen-bond acceptors (Lipinski definition) is 3. The number of nitrogens with two attached hydrogens (primary N) is 1. The molecule has 6 heteroatoms. The SMILES string of the molecule is [N-]=[N+]=NCc1ccc(/C(N)=N\O)cc1. The predicted octanol–water partition coefficient (Wildman–Crippen LogP) is 1.59. The summed E-state index contributed by atoms with van der Waals surface area (Å²) in [7, 11) is 0. The highest BCUT2D eigenvalue weighted by Crippen LogP contribution is 2.05. The standard InChI is InChI=1S/C8H9N5O/c9-8(12-14)7-3-1-6(2-4-7)5-11-13-10/h1-4,14H,5H2,(H2,9,12). The van der Waals surface area contributed by atoms with Crippen molar-refractivity contribution in [3.05, 3.63) is 45.8 Å². The topological polar surface area (TPSA) is 107 Å². The zero-order valence-corrected chi connectivity index (χ0v) is 7.33. The van der Waals surface area contributed by atoms with Gasteiger partial charge in [-0.1, -0.05) is 34.5 Å². The molecule has 0 unspecified atom stereocenters. The van der Waals surface area contributed by atoms with Gasteiger partial charge < -0.3 is 10.9 Å². The van der Waals surface area contributed by atoms with Crippen LogP contribution < -0.4 is 5.73 Å². The molecule has 1 rings (SSSR count). The van der Waals surface area contributed by atoms with E-state index in [1.165, 1.54) is 0 Å². The first-order valence-corrected chi connectivity index (χ1v) is 3.85. The van der Waals surface area contributed by atoms with Crippen molar-refractivity contribution in [1.82, 2.24) is 0 Å². The van der Waals surface area contributed by atoms with Crippen molar-refractivity contribution in [2.75, 3.05) is 0 Å². The maximum atomic E-state index is 8.40. The summed E-state index contributed by atoms with van der Waals surface area (Å²) in [4.78, 5) is 2.64. The molecule has 0 fully saturated rings. The third-order valence-corrected chi connectivity index (χ3v) is 1.67. The van der Waals surface area contributed by atoms with Crippen LogP contribution in [0.15, 0.2) is 34.5 Å². The molecule has 0 aromatic heterocycles. The van der Waals surface area contributed by atoms with Crippen LogP contribution in [0.25, 0.3) is 10.4 Å². The zero-order valence-electron chi connectivity index (χ0n) is 7.33. The van der Waals surface area contributed by atoms with Gasteiger partial charge in [0.15, 0.2) is 5.84 Å². The van der Waals surface area contributed by atoms with Crippen molar-refractivity contribution < 1.29 is 5.21 Å². The van der Waals surface area contributed by atoms with Crippen LogP contribution in [0.3, 0.4) is 0 Å². The van der Waals surface area contributed by atoms with Crippen molar-refractivity contribution >= 4 is 5.84 Å². The number of oxime groups is 1. The molecular formula is C8H9N5O. The highest BCUT2D eigenvalue weighted by Gasteiger charge is 1.97. The summed E-state index contributed by atoms with van der Waals surface area (Å²) < 4.78 is 0. The van der Waals surface area contributed by atoms with Gasteiger partial charge in [-0.25, -0.2) is 0 Å². The van der Waals surface area contributed by atoms with Gasteiger partial charge in [-0.2, -0.15) is 0 Å². The minimum atomic E-state index is 0.0559. The first-order chi connectivity index (χ1) is 6.77. The lowest BCUT2D eigenvalue weighted by Crippen LogP contribution is -2.12. The van der Waals surface area contributed by atoms with E-state index < -0.39 is 0 Å². The van der Waals surface area contributed by atoms with E-state index in [2.05, 4.69) is 15.2 Å². The van der Waals surface area contributed by atoms with Crippen molar-refractivity contribution in [2.45, 2.75) is 6.54 Å². The van der Waals surface area contributed by atoms with Gasteiger partial charge in [-0.15, -0.1) is 0 Å². The van der Waals surface area contributed by atoms with Gasteiger partial charge >= 0.3 is 0 Å². The van der Waals surface area contributed by atoms with Gasteiger partial charge in [0.2, 0.25) is 0 Å². The van der Waals surface area contributed by atoms with Crippen molar-refractivity contribution in [1.29, 1.82) is 0 Å². The van der Waals surface area contributed by atoms with Crippen LogP contribution in [0, 0.1) is 0 Å². The molecule has 0 heterocycles. The first-order valence-electron chi connectivity index (χ1n) is 3.85. The van der Waals surface area contributed by atoms with Gasteiger partial charge in [-0.05, 0) is 11.1 Å². The summed E-state index contributed by atoms with van der Waals surface area (Å²) in [5.41, 5.74) is 15.0. The summed E-state index contributed by atoms with van der Waals surface area (Å²) in [6.45, 7) is 0.299. The molecule has 0 bridgehead atoms. The number of benzene rings is 1. The molecule has 1 aromatic rings. The Labute approximate surface area is 80.3 Å². The van der Waals surface area contributed by atoms with Gasteiger partial charge in [0.25, 0.3) is 0 Å². The smallest absolute Gasteiger partial charge is 0.170 e. The number of amidine groups is 1. The lowest BCUT2D eigenvalue weighted by atomic mass is 10.1. The zero-order chi connectivity index (χ0) is 10.4. The fraction of sp³-hybridized carbons (Fsp3) is 0.125. The van der Waals surface area contributed by atoms with Gasteiger partial charge in [0.05, 0.1) is 6.54 Å². The van der Waals surface area contributed by atoms with E-state index in [-0.39, 0.29) is 5.84 Å². The van der Waals surface area contributed by atoms with Crippen LogP contribution in [0.2, 0.25) is 0 Å². The molecule has 0 amide bonds. The van der Waals surface area contributed by atoms with Crippen LogP contribution in [-0.4, -0.2) is 11.0 Å². The van der Waals surface area contributed by atoms with E-state index in [9.17, 15) is 0 Å². The van der Waals surface area contributed by atoms with Gasteiger partial charge in [-0.3, -0.25) is 0 Å². The quantitative estimate of drug-likeness (QED) is 0.144. The Morgan fingerprint density at radius 3 is 2.57 bits per heavy atom. The van der Waals surface area contributed by atoms with E-state index in [4.69, 9.17) is 16.5 Å². The Kier molecular flexibility index (Phi) is 3.34. The molecule has 0 saturated carbocycles. The molecule has 0 atom stereocenters. The van der Waals surface area contributed by atoms with Gasteiger partial charge in [0.1, 0.15) is 0 Å². The second-order valence-corrected chi connectivity index (χ2v) is 2.57. The minimum Gasteiger partial charge on any atom is -0.409 e. The van der Waals surface area contributed by atoms with E-state index >= 15 is 0 Å². The van der Waals surface area contributed by atoms with Crippen LogP contribution in [0.1, 0.15) is 11.1 Å². The summed E-state index contributed by atoms with van der Waals surface area (Å²) in [5.74, 6) is 0.0559. The fourth-order valence-corrected chi connectivity index (χ4v) is 0.952. The fourth-order valence-electron chi connectivity index (χ4n) is 0.952. The second-order valence-electron chi connectivity index (χ2n) is 2.57. The Hall–Kier alpha value is -2.20. The number of azide groups is 1. The molecule has 0 aliphatic rings. The largest absolute Gasteiger partial charge is 0.409 e. The lowest BCUT2D eigenvalue weighted by molar-refractivity contribution is 0.318. The predicted molar refractivity (Wildman–Crippen MR) is 51.8 cm³/mol. The molecule has 0 aliphatic carbocycles. The molecule has 0 aliphatic heterocycles. The summed E-state index contributed by atoms with van der Waals surface area (Å²) in [6.07, 6.45) is 0. The third kappa shape index (κ3) is 2.40. The van der Waals surface area contributed by atoms with Crippen molar-refractivity contribution in [3.63, 3.8) is 0 Å². The maximum absolute atomic E-state index is 8.40. The first kappa shape index (κ1) is 9.88. The van der Waals surface area contributed by atoms with Crippen LogP contribution >= 0.6 is 0 Å². The monoisotopic (exact) mass is 191 g/mol. The van der Waals surface area contributed by atoms with Gasteiger partial charge in [0, 0.05) is 10.5 Å². The highest BCUT2D eigenvalue weighted by atomic mass is 16.4. The second kappa shape index (κ2) is 4.74. The lowest BCUT2D eigenvalue weighted by Gasteiger charge is -1.99. The average molecular weight is 191 g/mol. The van der Waals surface area contributed by atoms with Crippen molar-refractivity contribution in [2.24, 2.45) is 16.0 Å². The molecular weight excluding hydrogens is 182 g/mol. The van der Waals surface area contributed by atoms with Crippen LogP contribution in [0.4, 0.5) is 0 Å². The normalized spacial score (nSPS) is 10.7.